The average molecular weight is 484 g/mol. The van der Waals surface area contributed by atoms with Gasteiger partial charge in [0.2, 0.25) is 5.88 Å². The van der Waals surface area contributed by atoms with Crippen LogP contribution in [0.15, 0.2) is 36.5 Å². The molecule has 10 nitrogen and oxygen atoms in total. The topological polar surface area (TPSA) is 127 Å². The second-order valence-electron chi connectivity index (χ2n) is 8.98. The number of ether oxygens (including phenoxy) is 2. The van der Waals surface area contributed by atoms with Crippen LogP contribution in [0.2, 0.25) is 0 Å². The number of hydrogen-bond acceptors (Lipinski definition) is 7. The summed E-state index contributed by atoms with van der Waals surface area (Å²) in [6, 6.07) is 8.75. The number of rotatable bonds is 8. The maximum Gasteiger partial charge on any atom is 0.313 e. The lowest BCUT2D eigenvalue weighted by Gasteiger charge is -2.38. The zero-order valence-corrected chi connectivity index (χ0v) is 20.6. The van der Waals surface area contributed by atoms with Gasteiger partial charge in [-0.25, -0.2) is 4.98 Å². The van der Waals surface area contributed by atoms with Crippen molar-refractivity contribution < 1.29 is 23.9 Å². The zero-order valence-electron chi connectivity index (χ0n) is 20.6. The highest BCUT2D eigenvalue weighted by molar-refractivity contribution is 6.39. The Kier molecular flexibility index (Phi) is 8.64. The number of carbonyl (C=O) groups excluding carboxylic acids is 3. The number of benzene rings is 1. The Morgan fingerprint density at radius 1 is 1.23 bits per heavy atom. The minimum absolute atomic E-state index is 0.00769. The van der Waals surface area contributed by atoms with E-state index in [0.29, 0.717) is 13.2 Å². The van der Waals surface area contributed by atoms with Crippen LogP contribution in [0.25, 0.3) is 0 Å². The Bertz CT molecular complexity index is 1070. The van der Waals surface area contributed by atoms with Gasteiger partial charge in [-0.15, -0.1) is 0 Å². The predicted octanol–water partition coefficient (Wildman–Crippen LogP) is 2.07. The Balaban J connectivity index is 1.77. The fourth-order valence-corrected chi connectivity index (χ4v) is 4.06. The number of nitrogens with zero attached hydrogens (tertiary/aromatic N) is 3. The molecule has 2 aromatic rings. The summed E-state index contributed by atoms with van der Waals surface area (Å²) >= 11 is 0. The van der Waals surface area contributed by atoms with Gasteiger partial charge in [0, 0.05) is 13.1 Å². The minimum atomic E-state index is -0.815. The zero-order chi connectivity index (χ0) is 25.5. The van der Waals surface area contributed by atoms with Gasteiger partial charge in [0.1, 0.15) is 17.9 Å². The molecule has 0 bridgehead atoms. The number of carbonyl (C=O) groups is 3. The van der Waals surface area contributed by atoms with Crippen molar-refractivity contribution in [2.75, 3.05) is 46.2 Å². The van der Waals surface area contributed by atoms with E-state index in [-0.39, 0.29) is 29.1 Å². The highest BCUT2D eigenvalue weighted by Crippen LogP contribution is 2.35. The lowest BCUT2D eigenvalue weighted by Crippen LogP contribution is -2.46. The molecule has 3 rings (SSSR count). The van der Waals surface area contributed by atoms with Crippen molar-refractivity contribution in [3.63, 3.8) is 0 Å². The van der Waals surface area contributed by atoms with Crippen LogP contribution >= 0.6 is 0 Å². The summed E-state index contributed by atoms with van der Waals surface area (Å²) in [7, 11) is 5.32. The Hall–Kier alpha value is -3.66. The van der Waals surface area contributed by atoms with Gasteiger partial charge in [0.15, 0.2) is 0 Å². The van der Waals surface area contributed by atoms with Crippen molar-refractivity contribution in [2.24, 2.45) is 11.7 Å². The molecule has 1 aliphatic heterocycles. The van der Waals surface area contributed by atoms with Gasteiger partial charge < -0.3 is 30.3 Å². The molecule has 2 atom stereocenters. The third-order valence-corrected chi connectivity index (χ3v) is 5.89. The van der Waals surface area contributed by atoms with Gasteiger partial charge in [-0.05, 0) is 56.6 Å². The van der Waals surface area contributed by atoms with Crippen LogP contribution in [0.1, 0.15) is 41.7 Å². The molecule has 0 spiro atoms. The number of likely N-dealkylation sites (N-methyl/N-ethyl adjacent to an activating group) is 1. The van der Waals surface area contributed by atoms with Crippen LogP contribution in [0.3, 0.4) is 0 Å². The first-order valence-electron chi connectivity index (χ1n) is 11.5. The van der Waals surface area contributed by atoms with Gasteiger partial charge in [0.25, 0.3) is 5.91 Å². The van der Waals surface area contributed by atoms with Crippen LogP contribution in [-0.2, 0) is 9.59 Å². The van der Waals surface area contributed by atoms with E-state index in [9.17, 15) is 14.4 Å². The largest absolute Gasteiger partial charge is 0.492 e. The summed E-state index contributed by atoms with van der Waals surface area (Å²) in [4.78, 5) is 45.4. The third-order valence-electron chi connectivity index (χ3n) is 5.89. The number of amides is 3. The highest BCUT2D eigenvalue weighted by atomic mass is 16.5. The Morgan fingerprint density at radius 2 is 2.00 bits per heavy atom. The van der Waals surface area contributed by atoms with Crippen molar-refractivity contribution >= 4 is 23.4 Å². The molecule has 1 aromatic carbocycles. The molecular weight excluding hydrogens is 450 g/mol. The Morgan fingerprint density at radius 3 is 2.69 bits per heavy atom. The normalized spacial score (nSPS) is 17.7. The molecule has 1 saturated heterocycles. The van der Waals surface area contributed by atoms with Crippen molar-refractivity contribution in [3.05, 3.63) is 47.7 Å². The van der Waals surface area contributed by atoms with Crippen LogP contribution in [0.4, 0.5) is 5.69 Å². The molecule has 1 aromatic heterocycles. The third kappa shape index (κ3) is 6.69. The number of hydrogen-bond donors (Lipinski definition) is 2. The number of likely N-dealkylation sites (tertiary alicyclic amines) is 1. The number of pyridine rings is 1. The van der Waals surface area contributed by atoms with Gasteiger partial charge >= 0.3 is 11.8 Å². The summed E-state index contributed by atoms with van der Waals surface area (Å²) in [5, 5.41) is 2.54. The molecule has 3 amide bonds. The fourth-order valence-electron chi connectivity index (χ4n) is 4.06. The molecule has 10 heteroatoms. The van der Waals surface area contributed by atoms with Gasteiger partial charge in [-0.2, -0.15) is 0 Å². The smallest absolute Gasteiger partial charge is 0.313 e. The summed E-state index contributed by atoms with van der Waals surface area (Å²) in [6.45, 7) is 3.85. The van der Waals surface area contributed by atoms with Crippen LogP contribution in [-0.4, -0.2) is 73.4 Å². The molecule has 1 fully saturated rings. The average Bonchev–Trinajstić information content (AvgIpc) is 2.83. The standard InChI is InChI=1S/C25H33N5O5/c1-16-8-9-21(17-6-5-7-19(12-17)35-11-10-29(2)3)30(15-16)25(33)23(32)28-18-13-20(22(26)31)24(34-4)27-14-18/h5-7,12-14,16,21H,8-11,15H2,1-4H3,(H2,26,31)(H,28,32)/t16-,21?/m0/s1. The van der Waals surface area contributed by atoms with E-state index in [1.807, 2.05) is 43.3 Å². The molecule has 2 heterocycles. The van der Waals surface area contributed by atoms with Crippen molar-refractivity contribution in [1.82, 2.24) is 14.8 Å². The highest BCUT2D eigenvalue weighted by Gasteiger charge is 2.34. The summed E-state index contributed by atoms with van der Waals surface area (Å²) < 4.78 is 10.9. The molecule has 3 N–H and O–H groups in total. The molecule has 35 heavy (non-hydrogen) atoms. The number of piperidine rings is 1. The first-order valence-corrected chi connectivity index (χ1v) is 11.5. The molecular formula is C25H33N5O5. The first kappa shape index (κ1) is 26.0. The quantitative estimate of drug-likeness (QED) is 0.550. The van der Waals surface area contributed by atoms with E-state index in [0.717, 1.165) is 30.7 Å². The molecule has 0 aliphatic carbocycles. The number of nitrogens with two attached hydrogens (primary N) is 1. The number of nitrogens with one attached hydrogen (secondary N) is 1. The minimum Gasteiger partial charge on any atom is -0.492 e. The van der Waals surface area contributed by atoms with Gasteiger partial charge in [-0.1, -0.05) is 19.1 Å². The van der Waals surface area contributed by atoms with Crippen molar-refractivity contribution in [2.45, 2.75) is 25.8 Å². The van der Waals surface area contributed by atoms with E-state index in [1.54, 1.807) is 4.90 Å². The number of primary amides is 1. The van der Waals surface area contributed by atoms with Gasteiger partial charge in [-0.3, -0.25) is 14.4 Å². The van der Waals surface area contributed by atoms with Gasteiger partial charge in [0.05, 0.1) is 25.0 Å². The molecule has 1 aliphatic rings. The second-order valence-corrected chi connectivity index (χ2v) is 8.98. The van der Waals surface area contributed by atoms with Crippen LogP contribution < -0.4 is 20.5 Å². The second kappa shape index (κ2) is 11.7. The Labute approximate surface area is 205 Å². The van der Waals surface area contributed by atoms with Crippen molar-refractivity contribution in [1.29, 1.82) is 0 Å². The lowest BCUT2D eigenvalue weighted by atomic mass is 9.89. The van der Waals surface area contributed by atoms with E-state index in [4.69, 9.17) is 15.2 Å². The molecule has 0 radical (unpaired) electrons. The van der Waals surface area contributed by atoms with Crippen LogP contribution in [0.5, 0.6) is 11.6 Å². The predicted molar refractivity (Wildman–Crippen MR) is 131 cm³/mol. The number of methoxy groups -OCH3 is 1. The summed E-state index contributed by atoms with van der Waals surface area (Å²) in [5.74, 6) is -1.20. The molecule has 0 saturated carbocycles. The van der Waals surface area contributed by atoms with E-state index in [1.165, 1.54) is 19.4 Å². The maximum absolute atomic E-state index is 13.2. The van der Waals surface area contributed by atoms with Crippen LogP contribution in [0, 0.1) is 5.92 Å². The SMILES string of the molecule is COc1ncc(NC(=O)C(=O)N2C[C@@H](C)CCC2c2cccc(OCCN(C)C)c2)cc1C(N)=O. The fraction of sp³-hybridized carbons (Fsp3) is 0.440. The van der Waals surface area contributed by atoms with E-state index >= 15 is 0 Å². The first-order chi connectivity index (χ1) is 16.7. The van der Waals surface area contributed by atoms with E-state index in [2.05, 4.69) is 17.2 Å². The molecule has 1 unspecified atom stereocenters. The van der Waals surface area contributed by atoms with E-state index < -0.39 is 17.7 Å². The monoisotopic (exact) mass is 483 g/mol. The molecule has 188 valence electrons. The number of aromatic nitrogens is 1. The summed E-state index contributed by atoms with van der Waals surface area (Å²) in [6.07, 6.45) is 2.98. The lowest BCUT2D eigenvalue weighted by molar-refractivity contribution is -0.146. The van der Waals surface area contributed by atoms with Crippen molar-refractivity contribution in [3.8, 4) is 11.6 Å². The number of anilines is 1. The summed E-state index contributed by atoms with van der Waals surface area (Å²) in [5.41, 5.74) is 6.47. The maximum atomic E-state index is 13.2.